The van der Waals surface area contributed by atoms with Crippen LogP contribution in [0.15, 0.2) is 16.7 Å². The van der Waals surface area contributed by atoms with Crippen molar-refractivity contribution in [3.05, 3.63) is 22.3 Å². The molecule has 1 aromatic heterocycles. The lowest BCUT2D eigenvalue weighted by Crippen LogP contribution is -2.07. The lowest BCUT2D eigenvalue weighted by Gasteiger charge is -2.07. The van der Waals surface area contributed by atoms with Crippen LogP contribution in [0.3, 0.4) is 0 Å². The van der Waals surface area contributed by atoms with E-state index in [1.54, 1.807) is 0 Å². The topological polar surface area (TPSA) is 38.9 Å². The third-order valence-electron chi connectivity index (χ3n) is 1.18. The van der Waals surface area contributed by atoms with Gasteiger partial charge in [-0.15, -0.1) is 0 Å². The first kappa shape index (κ1) is 9.31. The first-order valence-corrected chi connectivity index (χ1v) is 3.70. The minimum absolute atomic E-state index is 0.0508. The molecule has 2 nitrogen and oxygen atoms in total. The lowest BCUT2D eigenvalue weighted by atomic mass is 10.3. The van der Waals surface area contributed by atoms with Gasteiger partial charge in [-0.05, 0) is 28.1 Å². The molecule has 0 aliphatic carbocycles. The first-order valence-electron chi connectivity index (χ1n) is 2.90. The zero-order valence-electron chi connectivity index (χ0n) is 5.69. The number of nitrogens with zero attached hydrogens (tertiary/aromatic N) is 1. The van der Waals surface area contributed by atoms with Gasteiger partial charge in [-0.1, -0.05) is 0 Å². The number of hydrogen-bond donors (Lipinski definition) is 1. The van der Waals surface area contributed by atoms with Gasteiger partial charge in [-0.3, -0.25) is 0 Å². The molecule has 0 aliphatic heterocycles. The highest BCUT2D eigenvalue weighted by Gasteiger charge is 2.33. The zero-order valence-corrected chi connectivity index (χ0v) is 7.28. The van der Waals surface area contributed by atoms with E-state index in [-0.39, 0.29) is 10.4 Å². The predicted octanol–water partition coefficient (Wildman–Crippen LogP) is 2.45. The van der Waals surface area contributed by atoms with E-state index in [2.05, 4.69) is 20.9 Å². The van der Waals surface area contributed by atoms with Gasteiger partial charge in [-0.2, -0.15) is 13.2 Å². The fourth-order valence-electron chi connectivity index (χ4n) is 0.660. The Morgan fingerprint density at radius 3 is 2.33 bits per heavy atom. The van der Waals surface area contributed by atoms with E-state index in [9.17, 15) is 13.2 Å². The quantitative estimate of drug-likeness (QED) is 0.708. The average Bonchev–Trinajstić information content (AvgIpc) is 1.83. The van der Waals surface area contributed by atoms with Crippen molar-refractivity contribution in [1.82, 2.24) is 4.98 Å². The maximum atomic E-state index is 12.1. The minimum atomic E-state index is -4.39. The largest absolute Gasteiger partial charge is 0.419 e. The van der Waals surface area contributed by atoms with Crippen molar-refractivity contribution in [1.29, 1.82) is 0 Å². The summed E-state index contributed by atoms with van der Waals surface area (Å²) in [7, 11) is 0. The van der Waals surface area contributed by atoms with Gasteiger partial charge in [0, 0.05) is 0 Å². The summed E-state index contributed by atoms with van der Waals surface area (Å²) in [6.07, 6.45) is -4.39. The predicted molar refractivity (Wildman–Crippen MR) is 41.4 cm³/mol. The van der Waals surface area contributed by atoms with Gasteiger partial charge in [0.2, 0.25) is 0 Å². The van der Waals surface area contributed by atoms with Crippen molar-refractivity contribution in [2.45, 2.75) is 6.18 Å². The van der Waals surface area contributed by atoms with E-state index < -0.39 is 11.7 Å². The fourth-order valence-corrected chi connectivity index (χ4v) is 1.22. The van der Waals surface area contributed by atoms with Gasteiger partial charge >= 0.3 is 6.18 Å². The molecule has 0 amide bonds. The molecular weight excluding hydrogens is 237 g/mol. The lowest BCUT2D eigenvalue weighted by molar-refractivity contribution is -0.138. The SMILES string of the molecule is Nc1ccc(C(F)(F)F)c(Br)n1. The standard InChI is InChI=1S/C6H4BrF3N2/c7-5-3(6(8,9)10)1-2-4(11)12-5/h1-2H,(H2,11,12). The summed E-state index contributed by atoms with van der Waals surface area (Å²) in [5.74, 6) is 0.0508. The van der Waals surface area contributed by atoms with Crippen LogP contribution in [0.25, 0.3) is 0 Å². The van der Waals surface area contributed by atoms with Crippen LogP contribution in [-0.4, -0.2) is 4.98 Å². The van der Waals surface area contributed by atoms with Crippen molar-refractivity contribution in [3.63, 3.8) is 0 Å². The van der Waals surface area contributed by atoms with E-state index in [1.165, 1.54) is 0 Å². The molecule has 0 spiro atoms. The molecule has 66 valence electrons. The van der Waals surface area contributed by atoms with E-state index in [1.807, 2.05) is 0 Å². The molecule has 6 heteroatoms. The Morgan fingerprint density at radius 2 is 1.92 bits per heavy atom. The summed E-state index contributed by atoms with van der Waals surface area (Å²) < 4.78 is 35.9. The molecule has 0 radical (unpaired) electrons. The Bertz CT molecular complexity index is 297. The van der Waals surface area contributed by atoms with E-state index >= 15 is 0 Å². The minimum Gasteiger partial charge on any atom is -0.384 e. The molecule has 2 N–H and O–H groups in total. The second-order valence-corrected chi connectivity index (χ2v) is 2.82. The molecule has 1 rings (SSSR count). The third-order valence-corrected chi connectivity index (χ3v) is 1.78. The number of anilines is 1. The molecule has 0 aromatic carbocycles. The molecule has 0 saturated carbocycles. The zero-order chi connectivity index (χ0) is 9.35. The fraction of sp³-hybridized carbons (Fsp3) is 0.167. The normalized spacial score (nSPS) is 11.7. The van der Waals surface area contributed by atoms with Crippen LogP contribution in [0.5, 0.6) is 0 Å². The van der Waals surface area contributed by atoms with Gasteiger partial charge < -0.3 is 5.73 Å². The van der Waals surface area contributed by atoms with Crippen LogP contribution in [0.2, 0.25) is 0 Å². The Kier molecular flexibility index (Phi) is 2.27. The smallest absolute Gasteiger partial charge is 0.384 e. The number of rotatable bonds is 0. The molecule has 0 bridgehead atoms. The summed E-state index contributed by atoms with van der Waals surface area (Å²) in [6.45, 7) is 0. The Morgan fingerprint density at radius 1 is 1.33 bits per heavy atom. The number of halogens is 4. The molecule has 0 atom stereocenters. The monoisotopic (exact) mass is 240 g/mol. The Balaban J connectivity index is 3.19. The molecule has 12 heavy (non-hydrogen) atoms. The van der Waals surface area contributed by atoms with E-state index in [0.29, 0.717) is 0 Å². The van der Waals surface area contributed by atoms with Crippen molar-refractivity contribution < 1.29 is 13.2 Å². The van der Waals surface area contributed by atoms with Crippen LogP contribution >= 0.6 is 15.9 Å². The summed E-state index contributed by atoms with van der Waals surface area (Å²) in [4.78, 5) is 3.41. The van der Waals surface area contributed by atoms with Crippen molar-refractivity contribution in [2.24, 2.45) is 0 Å². The second-order valence-electron chi connectivity index (χ2n) is 2.07. The van der Waals surface area contributed by atoms with Crippen LogP contribution < -0.4 is 5.73 Å². The third kappa shape index (κ3) is 1.88. The molecule has 0 saturated heterocycles. The maximum absolute atomic E-state index is 12.1. The molecule has 1 heterocycles. The average molecular weight is 241 g/mol. The van der Waals surface area contributed by atoms with Gasteiger partial charge in [0.05, 0.1) is 5.56 Å². The summed E-state index contributed by atoms with van der Waals surface area (Å²) in [5, 5.41) is 0. The summed E-state index contributed by atoms with van der Waals surface area (Å²) >= 11 is 2.67. The Labute approximate surface area is 74.7 Å². The van der Waals surface area contributed by atoms with Gasteiger partial charge in [0.15, 0.2) is 0 Å². The first-order chi connectivity index (χ1) is 5.41. The Hall–Kier alpha value is -0.780. The summed E-state index contributed by atoms with van der Waals surface area (Å²) in [5.41, 5.74) is 4.34. The van der Waals surface area contributed by atoms with Gasteiger partial charge in [-0.25, -0.2) is 4.98 Å². The number of hydrogen-bond acceptors (Lipinski definition) is 2. The highest BCUT2D eigenvalue weighted by molar-refractivity contribution is 9.10. The van der Waals surface area contributed by atoms with Crippen molar-refractivity contribution >= 4 is 21.7 Å². The summed E-state index contributed by atoms with van der Waals surface area (Å²) in [6, 6.07) is 1.99. The van der Waals surface area contributed by atoms with Crippen molar-refractivity contribution in [2.75, 3.05) is 5.73 Å². The number of aromatic nitrogens is 1. The maximum Gasteiger partial charge on any atom is 0.419 e. The van der Waals surface area contributed by atoms with Gasteiger partial charge in [0.25, 0.3) is 0 Å². The highest BCUT2D eigenvalue weighted by atomic mass is 79.9. The molecule has 0 unspecified atom stereocenters. The van der Waals surface area contributed by atoms with E-state index in [0.717, 1.165) is 12.1 Å². The van der Waals surface area contributed by atoms with Crippen LogP contribution in [0, 0.1) is 0 Å². The second kappa shape index (κ2) is 2.93. The molecule has 1 aromatic rings. The van der Waals surface area contributed by atoms with Crippen LogP contribution in [-0.2, 0) is 6.18 Å². The molecule has 0 aliphatic rings. The number of alkyl halides is 3. The van der Waals surface area contributed by atoms with Crippen LogP contribution in [0.4, 0.5) is 19.0 Å². The van der Waals surface area contributed by atoms with Crippen molar-refractivity contribution in [3.8, 4) is 0 Å². The highest BCUT2D eigenvalue weighted by Crippen LogP contribution is 2.33. The van der Waals surface area contributed by atoms with Gasteiger partial charge in [0.1, 0.15) is 10.4 Å². The number of pyridine rings is 1. The number of nitrogens with two attached hydrogens (primary N) is 1. The molecular formula is C6H4BrF3N2. The van der Waals surface area contributed by atoms with E-state index in [4.69, 9.17) is 5.73 Å². The van der Waals surface area contributed by atoms with Crippen LogP contribution in [0.1, 0.15) is 5.56 Å². The molecule has 0 fully saturated rings. The number of nitrogen functional groups attached to an aromatic ring is 1.